The zero-order chi connectivity index (χ0) is 13.4. The number of rotatable bonds is 2. The van der Waals surface area contributed by atoms with Crippen LogP contribution in [-0.4, -0.2) is 9.97 Å². The topological polar surface area (TPSA) is 28.7 Å². The molecule has 0 unspecified atom stereocenters. The lowest BCUT2D eigenvalue weighted by Crippen LogP contribution is -1.92. The standard InChI is InChI=1S/C14H9Cl2FN2/c15-9-2-4-12-13(6-9)19-14(18-12)5-8-1-3-10(17)7-11(8)16/h1-4,6-7H,5H2,(H,18,19). The van der Waals surface area contributed by atoms with E-state index in [-0.39, 0.29) is 5.82 Å². The molecule has 0 radical (unpaired) electrons. The SMILES string of the molecule is Fc1ccc(Cc2nc3ccc(Cl)cc3[nH]2)c(Cl)c1. The van der Waals surface area contributed by atoms with Gasteiger partial charge in [-0.25, -0.2) is 9.37 Å². The maximum absolute atomic E-state index is 13.0. The Balaban J connectivity index is 1.96. The van der Waals surface area contributed by atoms with E-state index in [0.717, 1.165) is 22.4 Å². The first-order valence-electron chi connectivity index (χ1n) is 5.70. The largest absolute Gasteiger partial charge is 0.342 e. The van der Waals surface area contributed by atoms with Crippen LogP contribution in [0.15, 0.2) is 36.4 Å². The van der Waals surface area contributed by atoms with Crippen molar-refractivity contribution in [1.82, 2.24) is 9.97 Å². The molecule has 0 saturated heterocycles. The number of nitrogens with zero attached hydrogens (tertiary/aromatic N) is 1. The molecule has 0 saturated carbocycles. The number of hydrogen-bond donors (Lipinski definition) is 1. The quantitative estimate of drug-likeness (QED) is 0.735. The van der Waals surface area contributed by atoms with Crippen LogP contribution < -0.4 is 0 Å². The summed E-state index contributed by atoms with van der Waals surface area (Å²) >= 11 is 11.9. The monoisotopic (exact) mass is 294 g/mol. The van der Waals surface area contributed by atoms with Crippen molar-refractivity contribution >= 4 is 34.2 Å². The van der Waals surface area contributed by atoms with Crippen molar-refractivity contribution in [3.8, 4) is 0 Å². The fraction of sp³-hybridized carbons (Fsp3) is 0.0714. The zero-order valence-electron chi connectivity index (χ0n) is 9.75. The van der Waals surface area contributed by atoms with Crippen molar-refractivity contribution < 1.29 is 4.39 Å². The van der Waals surface area contributed by atoms with Crippen molar-refractivity contribution in [1.29, 1.82) is 0 Å². The second kappa shape index (κ2) is 4.83. The van der Waals surface area contributed by atoms with Crippen LogP contribution in [0.5, 0.6) is 0 Å². The van der Waals surface area contributed by atoms with E-state index in [1.54, 1.807) is 12.1 Å². The third-order valence-corrected chi connectivity index (χ3v) is 3.45. The molecule has 0 bridgehead atoms. The first kappa shape index (κ1) is 12.5. The van der Waals surface area contributed by atoms with E-state index in [0.29, 0.717) is 16.5 Å². The number of aromatic nitrogens is 2. The summed E-state index contributed by atoms with van der Waals surface area (Å²) in [5.41, 5.74) is 2.55. The van der Waals surface area contributed by atoms with Crippen molar-refractivity contribution in [3.05, 3.63) is 63.6 Å². The van der Waals surface area contributed by atoms with Gasteiger partial charge in [-0.1, -0.05) is 29.3 Å². The van der Waals surface area contributed by atoms with Gasteiger partial charge in [0.2, 0.25) is 0 Å². The predicted molar refractivity (Wildman–Crippen MR) is 75.3 cm³/mol. The molecule has 0 amide bonds. The summed E-state index contributed by atoms with van der Waals surface area (Å²) in [6.45, 7) is 0. The first-order valence-corrected chi connectivity index (χ1v) is 6.45. The zero-order valence-corrected chi connectivity index (χ0v) is 11.3. The van der Waals surface area contributed by atoms with Crippen LogP contribution >= 0.6 is 23.2 Å². The Hall–Kier alpha value is -1.58. The second-order valence-corrected chi connectivity index (χ2v) is 5.10. The van der Waals surface area contributed by atoms with E-state index < -0.39 is 0 Å². The minimum absolute atomic E-state index is 0.342. The Morgan fingerprint density at radius 1 is 1.11 bits per heavy atom. The average molecular weight is 295 g/mol. The van der Waals surface area contributed by atoms with Crippen LogP contribution in [0.2, 0.25) is 10.0 Å². The predicted octanol–water partition coefficient (Wildman–Crippen LogP) is 4.60. The molecule has 5 heteroatoms. The molecule has 0 aliphatic heterocycles. The molecule has 3 aromatic rings. The summed E-state index contributed by atoms with van der Waals surface area (Å²) in [7, 11) is 0. The molecule has 19 heavy (non-hydrogen) atoms. The second-order valence-electron chi connectivity index (χ2n) is 4.26. The minimum Gasteiger partial charge on any atom is -0.342 e. The van der Waals surface area contributed by atoms with E-state index in [1.807, 2.05) is 12.1 Å². The highest BCUT2D eigenvalue weighted by atomic mass is 35.5. The molecule has 96 valence electrons. The maximum Gasteiger partial charge on any atom is 0.124 e. The Kier molecular flexibility index (Phi) is 3.17. The van der Waals surface area contributed by atoms with Gasteiger partial charge >= 0.3 is 0 Å². The molecule has 0 fully saturated rings. The highest BCUT2D eigenvalue weighted by Gasteiger charge is 2.07. The van der Waals surface area contributed by atoms with E-state index in [2.05, 4.69) is 9.97 Å². The molecule has 0 spiro atoms. The van der Waals surface area contributed by atoms with Gasteiger partial charge in [0.15, 0.2) is 0 Å². The van der Waals surface area contributed by atoms with Gasteiger partial charge in [-0.3, -0.25) is 0 Å². The Morgan fingerprint density at radius 3 is 2.74 bits per heavy atom. The molecule has 2 nitrogen and oxygen atoms in total. The van der Waals surface area contributed by atoms with Crippen molar-refractivity contribution in [2.75, 3.05) is 0 Å². The van der Waals surface area contributed by atoms with Gasteiger partial charge in [-0.05, 0) is 35.9 Å². The molecule has 1 heterocycles. The van der Waals surface area contributed by atoms with Crippen molar-refractivity contribution in [2.45, 2.75) is 6.42 Å². The number of benzene rings is 2. The lowest BCUT2D eigenvalue weighted by Gasteiger charge is -2.01. The van der Waals surface area contributed by atoms with E-state index in [9.17, 15) is 4.39 Å². The van der Waals surface area contributed by atoms with Gasteiger partial charge < -0.3 is 4.98 Å². The highest BCUT2D eigenvalue weighted by molar-refractivity contribution is 6.31. The Labute approximate surface area is 119 Å². The molecular formula is C14H9Cl2FN2. The van der Waals surface area contributed by atoms with Crippen LogP contribution in [0, 0.1) is 5.82 Å². The minimum atomic E-state index is -0.342. The molecule has 1 N–H and O–H groups in total. The summed E-state index contributed by atoms with van der Waals surface area (Å²) in [6.07, 6.45) is 0.519. The highest BCUT2D eigenvalue weighted by Crippen LogP contribution is 2.22. The maximum atomic E-state index is 13.0. The Morgan fingerprint density at radius 2 is 1.95 bits per heavy atom. The normalized spacial score (nSPS) is 11.1. The van der Waals surface area contributed by atoms with Gasteiger partial charge in [0.05, 0.1) is 11.0 Å². The number of hydrogen-bond acceptors (Lipinski definition) is 1. The molecular weight excluding hydrogens is 286 g/mol. The molecule has 0 aliphatic rings. The van der Waals surface area contributed by atoms with E-state index in [4.69, 9.17) is 23.2 Å². The average Bonchev–Trinajstić information content (AvgIpc) is 2.74. The molecule has 0 aliphatic carbocycles. The third kappa shape index (κ3) is 2.57. The van der Waals surface area contributed by atoms with E-state index in [1.165, 1.54) is 12.1 Å². The summed E-state index contributed by atoms with van der Waals surface area (Å²) in [5.74, 6) is 0.427. The third-order valence-electron chi connectivity index (χ3n) is 2.87. The molecule has 1 aromatic heterocycles. The number of halogens is 3. The van der Waals surface area contributed by atoms with Crippen molar-refractivity contribution in [2.24, 2.45) is 0 Å². The lowest BCUT2D eigenvalue weighted by atomic mass is 10.1. The number of aromatic amines is 1. The van der Waals surface area contributed by atoms with Gasteiger partial charge in [-0.15, -0.1) is 0 Å². The lowest BCUT2D eigenvalue weighted by molar-refractivity contribution is 0.627. The van der Waals surface area contributed by atoms with Crippen LogP contribution in [0.1, 0.15) is 11.4 Å². The fourth-order valence-corrected chi connectivity index (χ4v) is 2.37. The number of imidazole rings is 1. The summed E-state index contributed by atoms with van der Waals surface area (Å²) in [5, 5.41) is 1.06. The molecule has 0 atom stereocenters. The first-order chi connectivity index (χ1) is 9.11. The fourth-order valence-electron chi connectivity index (χ4n) is 1.96. The summed E-state index contributed by atoms with van der Waals surface area (Å²) < 4.78 is 13.0. The van der Waals surface area contributed by atoms with Crippen LogP contribution in [0.25, 0.3) is 11.0 Å². The van der Waals surface area contributed by atoms with Gasteiger partial charge in [0.1, 0.15) is 11.6 Å². The van der Waals surface area contributed by atoms with Crippen molar-refractivity contribution in [3.63, 3.8) is 0 Å². The number of H-pyrrole nitrogens is 1. The van der Waals surface area contributed by atoms with Gasteiger partial charge in [0, 0.05) is 16.5 Å². The number of nitrogens with one attached hydrogen (secondary N) is 1. The smallest absolute Gasteiger partial charge is 0.124 e. The van der Waals surface area contributed by atoms with Crippen LogP contribution in [-0.2, 0) is 6.42 Å². The Bertz CT molecular complexity index is 752. The van der Waals surface area contributed by atoms with Crippen LogP contribution in [0.4, 0.5) is 4.39 Å². The van der Waals surface area contributed by atoms with Gasteiger partial charge in [0.25, 0.3) is 0 Å². The molecule has 2 aromatic carbocycles. The number of fused-ring (bicyclic) bond motifs is 1. The summed E-state index contributed by atoms with van der Waals surface area (Å²) in [6, 6.07) is 9.82. The van der Waals surface area contributed by atoms with E-state index >= 15 is 0 Å². The van der Waals surface area contributed by atoms with Gasteiger partial charge in [-0.2, -0.15) is 0 Å². The summed E-state index contributed by atoms with van der Waals surface area (Å²) in [4.78, 5) is 7.62. The molecule has 3 rings (SSSR count). The van der Waals surface area contributed by atoms with Crippen LogP contribution in [0.3, 0.4) is 0 Å².